The number of fused-ring (bicyclic) bond motifs is 1. The maximum absolute atomic E-state index is 13.6. The zero-order chi connectivity index (χ0) is 15.7. The highest BCUT2D eigenvalue weighted by Crippen LogP contribution is 2.19. The van der Waals surface area contributed by atoms with E-state index in [1.165, 1.54) is 6.07 Å². The fourth-order valence-electron chi connectivity index (χ4n) is 2.42. The molecule has 2 aromatic carbocycles. The van der Waals surface area contributed by atoms with E-state index < -0.39 is 0 Å². The first-order chi connectivity index (χ1) is 10.5. The third kappa shape index (κ3) is 2.70. The van der Waals surface area contributed by atoms with E-state index in [0.717, 1.165) is 16.9 Å². The smallest absolute Gasteiger partial charge is 0.228 e. The number of hydrogen-bond acceptors (Lipinski definition) is 2. The highest BCUT2D eigenvalue weighted by Gasteiger charge is 2.10. The molecule has 0 aliphatic heterocycles. The van der Waals surface area contributed by atoms with Crippen LogP contribution in [0.4, 0.5) is 10.1 Å². The summed E-state index contributed by atoms with van der Waals surface area (Å²) in [5.41, 5.74) is 2.87. The van der Waals surface area contributed by atoms with Gasteiger partial charge in [-0.3, -0.25) is 4.79 Å². The lowest BCUT2D eigenvalue weighted by molar-refractivity contribution is -0.115. The van der Waals surface area contributed by atoms with Crippen molar-refractivity contribution in [3.8, 4) is 0 Å². The minimum absolute atomic E-state index is 0.00591. The first-order valence-corrected chi connectivity index (χ1v) is 7.01. The van der Waals surface area contributed by atoms with Gasteiger partial charge in [0.25, 0.3) is 0 Å². The molecule has 0 radical (unpaired) electrons. The fourth-order valence-corrected chi connectivity index (χ4v) is 2.42. The lowest BCUT2D eigenvalue weighted by atomic mass is 10.1. The van der Waals surface area contributed by atoms with Gasteiger partial charge in [0, 0.05) is 12.7 Å². The Morgan fingerprint density at radius 1 is 1.27 bits per heavy atom. The molecule has 0 atom stereocenters. The second kappa shape index (κ2) is 5.60. The Bertz CT molecular complexity index is 854. The average Bonchev–Trinajstić information content (AvgIpc) is 2.76. The van der Waals surface area contributed by atoms with Crippen LogP contribution in [0.2, 0.25) is 0 Å². The highest BCUT2D eigenvalue weighted by molar-refractivity contribution is 5.94. The van der Waals surface area contributed by atoms with Crippen LogP contribution in [0.3, 0.4) is 0 Å². The highest BCUT2D eigenvalue weighted by atomic mass is 19.1. The van der Waals surface area contributed by atoms with E-state index >= 15 is 0 Å². The molecule has 1 N–H and O–H groups in total. The number of anilines is 1. The van der Waals surface area contributed by atoms with Gasteiger partial charge in [-0.1, -0.05) is 18.2 Å². The molecule has 0 aliphatic carbocycles. The molecule has 0 spiro atoms. The molecule has 0 saturated heterocycles. The van der Waals surface area contributed by atoms with Crippen LogP contribution in [0.5, 0.6) is 0 Å². The maximum atomic E-state index is 13.6. The van der Waals surface area contributed by atoms with Crippen LogP contribution in [0, 0.1) is 12.7 Å². The fraction of sp³-hybridized carbons (Fsp3) is 0.176. The Balaban J connectivity index is 1.78. The SMILES string of the molecule is Cc1nc2cc(NC(=O)Cc3ccccc3F)ccc2n1C. The summed E-state index contributed by atoms with van der Waals surface area (Å²) >= 11 is 0. The Morgan fingerprint density at radius 3 is 2.82 bits per heavy atom. The van der Waals surface area contributed by atoms with Gasteiger partial charge in [0.2, 0.25) is 5.91 Å². The molecular weight excluding hydrogens is 281 g/mol. The normalized spacial score (nSPS) is 10.9. The molecule has 0 unspecified atom stereocenters. The summed E-state index contributed by atoms with van der Waals surface area (Å²) in [6.45, 7) is 1.93. The zero-order valence-electron chi connectivity index (χ0n) is 12.4. The van der Waals surface area contributed by atoms with Crippen molar-refractivity contribution in [2.24, 2.45) is 7.05 Å². The van der Waals surface area contributed by atoms with Crippen molar-refractivity contribution in [2.45, 2.75) is 13.3 Å². The van der Waals surface area contributed by atoms with E-state index in [1.54, 1.807) is 18.2 Å². The Labute approximate surface area is 127 Å². The number of imidazole rings is 1. The summed E-state index contributed by atoms with van der Waals surface area (Å²) in [7, 11) is 1.95. The molecule has 4 nitrogen and oxygen atoms in total. The van der Waals surface area contributed by atoms with E-state index in [9.17, 15) is 9.18 Å². The Kier molecular flexibility index (Phi) is 3.63. The van der Waals surface area contributed by atoms with E-state index in [1.807, 2.05) is 36.7 Å². The number of benzene rings is 2. The van der Waals surface area contributed by atoms with Gasteiger partial charge in [0.1, 0.15) is 11.6 Å². The molecule has 112 valence electrons. The summed E-state index contributed by atoms with van der Waals surface area (Å²) in [6, 6.07) is 11.8. The van der Waals surface area contributed by atoms with Crippen molar-refractivity contribution in [3.05, 3.63) is 59.7 Å². The van der Waals surface area contributed by atoms with Crippen LogP contribution in [-0.2, 0) is 18.3 Å². The second-order valence-electron chi connectivity index (χ2n) is 5.24. The molecule has 5 heteroatoms. The molecule has 0 aliphatic rings. The summed E-state index contributed by atoms with van der Waals surface area (Å²) in [5.74, 6) is 0.287. The molecule has 0 saturated carbocycles. The number of hydrogen-bond donors (Lipinski definition) is 1. The minimum Gasteiger partial charge on any atom is -0.331 e. The van der Waals surface area contributed by atoms with E-state index in [2.05, 4.69) is 10.3 Å². The topological polar surface area (TPSA) is 46.9 Å². The number of nitrogens with zero attached hydrogens (tertiary/aromatic N) is 2. The summed E-state index contributed by atoms with van der Waals surface area (Å²) in [4.78, 5) is 16.5. The lowest BCUT2D eigenvalue weighted by Crippen LogP contribution is -2.15. The van der Waals surface area contributed by atoms with Gasteiger partial charge >= 0.3 is 0 Å². The predicted octanol–water partition coefficient (Wildman–Crippen LogP) is 3.20. The number of halogens is 1. The molecular formula is C17H16FN3O. The van der Waals surface area contributed by atoms with E-state index in [-0.39, 0.29) is 18.1 Å². The zero-order valence-corrected chi connectivity index (χ0v) is 12.4. The first kappa shape index (κ1) is 14.3. The van der Waals surface area contributed by atoms with Crippen LogP contribution in [0.15, 0.2) is 42.5 Å². The third-order valence-electron chi connectivity index (χ3n) is 3.70. The molecule has 0 bridgehead atoms. The van der Waals surface area contributed by atoms with Crippen molar-refractivity contribution >= 4 is 22.6 Å². The van der Waals surface area contributed by atoms with Crippen molar-refractivity contribution in [1.29, 1.82) is 0 Å². The molecule has 22 heavy (non-hydrogen) atoms. The van der Waals surface area contributed by atoms with Crippen LogP contribution >= 0.6 is 0 Å². The van der Waals surface area contributed by atoms with Gasteiger partial charge in [-0.25, -0.2) is 9.37 Å². The first-order valence-electron chi connectivity index (χ1n) is 7.01. The van der Waals surface area contributed by atoms with Crippen molar-refractivity contribution in [3.63, 3.8) is 0 Å². The average molecular weight is 297 g/mol. The second-order valence-corrected chi connectivity index (χ2v) is 5.24. The van der Waals surface area contributed by atoms with Crippen molar-refractivity contribution in [1.82, 2.24) is 9.55 Å². The standard InChI is InChI=1S/C17H16FN3O/c1-11-19-15-10-13(7-8-16(15)21(11)2)20-17(22)9-12-5-3-4-6-14(12)18/h3-8,10H,9H2,1-2H3,(H,20,22). The van der Waals surface area contributed by atoms with Crippen LogP contribution in [0.25, 0.3) is 11.0 Å². The molecule has 1 aromatic heterocycles. The summed E-state index contributed by atoms with van der Waals surface area (Å²) in [6.07, 6.45) is 0.00591. The predicted molar refractivity (Wildman–Crippen MR) is 84.2 cm³/mol. The van der Waals surface area contributed by atoms with Gasteiger partial charge in [0.15, 0.2) is 0 Å². The number of rotatable bonds is 3. The number of aromatic nitrogens is 2. The number of nitrogens with one attached hydrogen (secondary N) is 1. The number of carbonyl (C=O) groups is 1. The van der Waals surface area contributed by atoms with Crippen LogP contribution in [-0.4, -0.2) is 15.5 Å². The monoisotopic (exact) mass is 297 g/mol. The molecule has 3 rings (SSSR count). The van der Waals surface area contributed by atoms with Crippen LogP contribution < -0.4 is 5.32 Å². The molecule has 1 heterocycles. The van der Waals surface area contributed by atoms with Crippen molar-refractivity contribution < 1.29 is 9.18 Å². The number of amides is 1. The minimum atomic E-state index is -0.367. The molecule has 1 amide bonds. The van der Waals surface area contributed by atoms with E-state index in [0.29, 0.717) is 11.3 Å². The lowest BCUT2D eigenvalue weighted by Gasteiger charge is -2.06. The molecule has 0 fully saturated rings. The number of aryl methyl sites for hydroxylation is 2. The van der Waals surface area contributed by atoms with Crippen molar-refractivity contribution in [2.75, 3.05) is 5.32 Å². The van der Waals surface area contributed by atoms with Gasteiger partial charge in [-0.05, 0) is 36.8 Å². The third-order valence-corrected chi connectivity index (χ3v) is 3.70. The van der Waals surface area contributed by atoms with Gasteiger partial charge in [-0.2, -0.15) is 0 Å². The van der Waals surface area contributed by atoms with Gasteiger partial charge in [0.05, 0.1) is 17.5 Å². The Morgan fingerprint density at radius 2 is 2.05 bits per heavy atom. The largest absolute Gasteiger partial charge is 0.331 e. The van der Waals surface area contributed by atoms with E-state index in [4.69, 9.17) is 0 Å². The maximum Gasteiger partial charge on any atom is 0.228 e. The summed E-state index contributed by atoms with van der Waals surface area (Å²) < 4.78 is 15.5. The van der Waals surface area contributed by atoms with Gasteiger partial charge < -0.3 is 9.88 Å². The van der Waals surface area contributed by atoms with Gasteiger partial charge in [-0.15, -0.1) is 0 Å². The number of carbonyl (C=O) groups excluding carboxylic acids is 1. The molecule has 3 aromatic rings. The quantitative estimate of drug-likeness (QED) is 0.807. The Hall–Kier alpha value is -2.69. The van der Waals surface area contributed by atoms with Crippen LogP contribution in [0.1, 0.15) is 11.4 Å². The summed E-state index contributed by atoms with van der Waals surface area (Å²) in [5, 5.41) is 2.78.